The Morgan fingerprint density at radius 1 is 1.33 bits per heavy atom. The van der Waals surface area contributed by atoms with Gasteiger partial charge in [-0.25, -0.2) is 0 Å². The zero-order valence-corrected chi connectivity index (χ0v) is 10.7. The minimum Gasteiger partial charge on any atom is -0.392 e. The third kappa shape index (κ3) is 2.89. The van der Waals surface area contributed by atoms with Crippen LogP contribution in [0.1, 0.15) is 24.5 Å². The van der Waals surface area contributed by atoms with E-state index in [0.717, 1.165) is 30.6 Å². The van der Waals surface area contributed by atoms with Gasteiger partial charge < -0.3 is 15.3 Å². The number of aliphatic hydroxyl groups excluding tert-OH is 1. The quantitative estimate of drug-likeness (QED) is 0.832. The van der Waals surface area contributed by atoms with Gasteiger partial charge in [0.2, 0.25) is 5.91 Å². The molecule has 2 rings (SSSR count). The lowest BCUT2D eigenvalue weighted by molar-refractivity contribution is -0.136. The lowest BCUT2D eigenvalue weighted by Crippen LogP contribution is -2.54. The Kier molecular flexibility index (Phi) is 4.33. The molecule has 1 saturated heterocycles. The van der Waals surface area contributed by atoms with Crippen molar-refractivity contribution in [2.75, 3.05) is 13.1 Å². The fourth-order valence-corrected chi connectivity index (χ4v) is 2.24. The molecule has 18 heavy (non-hydrogen) atoms. The van der Waals surface area contributed by atoms with Gasteiger partial charge in [-0.1, -0.05) is 31.2 Å². The van der Waals surface area contributed by atoms with Crippen LogP contribution in [0.5, 0.6) is 0 Å². The molecule has 0 spiro atoms. The van der Waals surface area contributed by atoms with E-state index in [2.05, 4.69) is 5.32 Å². The Labute approximate surface area is 108 Å². The van der Waals surface area contributed by atoms with Crippen LogP contribution in [0, 0.1) is 0 Å². The highest BCUT2D eigenvalue weighted by molar-refractivity contribution is 5.82. The molecule has 0 aliphatic carbocycles. The van der Waals surface area contributed by atoms with Gasteiger partial charge in [-0.2, -0.15) is 0 Å². The normalized spacial score (nSPS) is 20.2. The first-order valence-corrected chi connectivity index (χ1v) is 6.45. The standard InChI is InChI=1S/C14H20N2O2/c1-2-13-14(18)16(8-7-15-13)9-11-3-5-12(10-17)6-4-11/h3-6,13,15,17H,2,7-10H2,1H3. The van der Waals surface area contributed by atoms with Crippen molar-refractivity contribution in [1.82, 2.24) is 10.2 Å². The third-order valence-electron chi connectivity index (χ3n) is 3.37. The molecule has 1 atom stereocenters. The van der Waals surface area contributed by atoms with Crippen LogP contribution in [0.15, 0.2) is 24.3 Å². The number of carbonyl (C=O) groups excluding carboxylic acids is 1. The molecule has 1 heterocycles. The fraction of sp³-hybridized carbons (Fsp3) is 0.500. The van der Waals surface area contributed by atoms with Crippen molar-refractivity contribution < 1.29 is 9.90 Å². The largest absolute Gasteiger partial charge is 0.392 e. The SMILES string of the molecule is CCC1NCCN(Cc2ccc(CO)cc2)C1=O. The number of nitrogens with one attached hydrogen (secondary N) is 1. The van der Waals surface area contributed by atoms with Gasteiger partial charge in [0.1, 0.15) is 0 Å². The monoisotopic (exact) mass is 248 g/mol. The summed E-state index contributed by atoms with van der Waals surface area (Å²) in [5.74, 6) is 0.190. The van der Waals surface area contributed by atoms with Crippen molar-refractivity contribution in [1.29, 1.82) is 0 Å². The van der Waals surface area contributed by atoms with Crippen molar-refractivity contribution >= 4 is 5.91 Å². The summed E-state index contributed by atoms with van der Waals surface area (Å²) >= 11 is 0. The van der Waals surface area contributed by atoms with Gasteiger partial charge in [0, 0.05) is 19.6 Å². The molecule has 1 aliphatic heterocycles. The van der Waals surface area contributed by atoms with E-state index in [0.29, 0.717) is 6.54 Å². The van der Waals surface area contributed by atoms with E-state index in [9.17, 15) is 4.79 Å². The van der Waals surface area contributed by atoms with Crippen LogP contribution < -0.4 is 5.32 Å². The highest BCUT2D eigenvalue weighted by atomic mass is 16.3. The molecule has 1 unspecified atom stereocenters. The van der Waals surface area contributed by atoms with Crippen molar-refractivity contribution in [2.24, 2.45) is 0 Å². The van der Waals surface area contributed by atoms with E-state index < -0.39 is 0 Å². The molecule has 1 aromatic carbocycles. The number of carbonyl (C=O) groups is 1. The van der Waals surface area contributed by atoms with Gasteiger partial charge >= 0.3 is 0 Å². The van der Waals surface area contributed by atoms with Gasteiger partial charge in [0.15, 0.2) is 0 Å². The lowest BCUT2D eigenvalue weighted by Gasteiger charge is -2.32. The number of piperazine rings is 1. The Morgan fingerprint density at radius 2 is 2.00 bits per heavy atom. The maximum Gasteiger partial charge on any atom is 0.240 e. The van der Waals surface area contributed by atoms with Crippen molar-refractivity contribution in [3.05, 3.63) is 35.4 Å². The predicted octanol–water partition coefficient (Wildman–Crippen LogP) is 0.889. The van der Waals surface area contributed by atoms with Gasteiger partial charge in [-0.05, 0) is 17.5 Å². The molecule has 98 valence electrons. The Hall–Kier alpha value is -1.39. The second kappa shape index (κ2) is 5.98. The molecule has 4 heteroatoms. The molecule has 0 bridgehead atoms. The summed E-state index contributed by atoms with van der Waals surface area (Å²) in [4.78, 5) is 14.0. The number of benzene rings is 1. The van der Waals surface area contributed by atoms with Crippen LogP contribution in [0.3, 0.4) is 0 Å². The van der Waals surface area contributed by atoms with Crippen molar-refractivity contribution in [3.63, 3.8) is 0 Å². The Bertz CT molecular complexity index is 403. The zero-order chi connectivity index (χ0) is 13.0. The number of aliphatic hydroxyl groups is 1. The average Bonchev–Trinajstić information content (AvgIpc) is 2.42. The highest BCUT2D eigenvalue weighted by Gasteiger charge is 2.26. The van der Waals surface area contributed by atoms with E-state index in [1.54, 1.807) is 0 Å². The van der Waals surface area contributed by atoms with E-state index in [4.69, 9.17) is 5.11 Å². The van der Waals surface area contributed by atoms with Crippen molar-refractivity contribution in [2.45, 2.75) is 32.5 Å². The molecule has 1 fully saturated rings. The summed E-state index contributed by atoms with van der Waals surface area (Å²) < 4.78 is 0. The lowest BCUT2D eigenvalue weighted by atomic mass is 10.1. The van der Waals surface area contributed by atoms with Crippen LogP contribution in [-0.2, 0) is 17.9 Å². The van der Waals surface area contributed by atoms with Gasteiger partial charge in [-0.3, -0.25) is 4.79 Å². The third-order valence-corrected chi connectivity index (χ3v) is 3.37. The average molecular weight is 248 g/mol. The van der Waals surface area contributed by atoms with Gasteiger partial charge in [0.05, 0.1) is 12.6 Å². The minimum absolute atomic E-state index is 0.0320. The second-order valence-corrected chi connectivity index (χ2v) is 4.65. The number of amides is 1. The molecule has 0 radical (unpaired) electrons. The van der Waals surface area contributed by atoms with Crippen LogP contribution >= 0.6 is 0 Å². The second-order valence-electron chi connectivity index (χ2n) is 4.65. The molecule has 2 N–H and O–H groups in total. The number of hydrogen-bond acceptors (Lipinski definition) is 3. The Morgan fingerprint density at radius 3 is 2.61 bits per heavy atom. The van der Waals surface area contributed by atoms with E-state index >= 15 is 0 Å². The predicted molar refractivity (Wildman–Crippen MR) is 69.9 cm³/mol. The van der Waals surface area contributed by atoms with Crippen LogP contribution in [-0.4, -0.2) is 35.0 Å². The van der Waals surface area contributed by atoms with Crippen LogP contribution in [0.25, 0.3) is 0 Å². The highest BCUT2D eigenvalue weighted by Crippen LogP contribution is 2.11. The molecule has 1 amide bonds. The molecular weight excluding hydrogens is 228 g/mol. The van der Waals surface area contributed by atoms with Crippen molar-refractivity contribution in [3.8, 4) is 0 Å². The summed E-state index contributed by atoms with van der Waals surface area (Å²) in [7, 11) is 0. The first-order chi connectivity index (χ1) is 8.74. The molecule has 4 nitrogen and oxygen atoms in total. The Balaban J connectivity index is 2.01. The van der Waals surface area contributed by atoms with E-state index in [1.165, 1.54) is 0 Å². The maximum absolute atomic E-state index is 12.1. The molecular formula is C14H20N2O2. The summed E-state index contributed by atoms with van der Waals surface area (Å²) in [5, 5.41) is 12.2. The molecule has 0 saturated carbocycles. The summed E-state index contributed by atoms with van der Waals surface area (Å²) in [5.41, 5.74) is 2.01. The molecule has 1 aliphatic rings. The van der Waals surface area contributed by atoms with Crippen LogP contribution in [0.4, 0.5) is 0 Å². The number of nitrogens with zero attached hydrogens (tertiary/aromatic N) is 1. The summed E-state index contributed by atoms with van der Waals surface area (Å²) in [6.45, 7) is 4.36. The topological polar surface area (TPSA) is 52.6 Å². The fourth-order valence-electron chi connectivity index (χ4n) is 2.24. The van der Waals surface area contributed by atoms with Crippen LogP contribution in [0.2, 0.25) is 0 Å². The first kappa shape index (κ1) is 13.1. The van der Waals surface area contributed by atoms with E-state index in [-0.39, 0.29) is 18.6 Å². The molecule has 0 aromatic heterocycles. The maximum atomic E-state index is 12.1. The molecule has 1 aromatic rings. The van der Waals surface area contributed by atoms with Gasteiger partial charge in [-0.15, -0.1) is 0 Å². The van der Waals surface area contributed by atoms with Gasteiger partial charge in [0.25, 0.3) is 0 Å². The summed E-state index contributed by atoms with van der Waals surface area (Å²) in [6, 6.07) is 7.72. The summed E-state index contributed by atoms with van der Waals surface area (Å²) in [6.07, 6.45) is 0.832. The number of rotatable bonds is 4. The smallest absolute Gasteiger partial charge is 0.240 e. The number of hydrogen-bond donors (Lipinski definition) is 2. The first-order valence-electron chi connectivity index (χ1n) is 6.45. The minimum atomic E-state index is -0.0320. The zero-order valence-electron chi connectivity index (χ0n) is 10.7. The van der Waals surface area contributed by atoms with E-state index in [1.807, 2.05) is 36.1 Å².